The molecule has 16 heavy (non-hydrogen) atoms. The lowest BCUT2D eigenvalue weighted by Crippen LogP contribution is -2.30. The van der Waals surface area contributed by atoms with E-state index < -0.39 is 0 Å². The van der Waals surface area contributed by atoms with Gasteiger partial charge in [-0.05, 0) is 31.1 Å². The van der Waals surface area contributed by atoms with Gasteiger partial charge in [-0.1, -0.05) is 47.0 Å². The van der Waals surface area contributed by atoms with Gasteiger partial charge >= 0.3 is 0 Å². The summed E-state index contributed by atoms with van der Waals surface area (Å²) in [6, 6.07) is 0. The van der Waals surface area contributed by atoms with Crippen LogP contribution in [0.4, 0.5) is 0 Å². The van der Waals surface area contributed by atoms with E-state index >= 15 is 0 Å². The first-order valence-corrected chi connectivity index (χ1v) is 7.06. The fourth-order valence-corrected chi connectivity index (χ4v) is 3.01. The van der Waals surface area contributed by atoms with Crippen molar-refractivity contribution < 1.29 is 4.79 Å². The Balaban J connectivity index is 2.65. The second-order valence-electron chi connectivity index (χ2n) is 6.19. The van der Waals surface area contributed by atoms with E-state index in [1.165, 1.54) is 32.1 Å². The second kappa shape index (κ2) is 6.42. The van der Waals surface area contributed by atoms with Crippen molar-refractivity contribution in [1.29, 1.82) is 0 Å². The van der Waals surface area contributed by atoms with Crippen LogP contribution in [0.5, 0.6) is 0 Å². The summed E-state index contributed by atoms with van der Waals surface area (Å²) in [5, 5.41) is 0. The topological polar surface area (TPSA) is 17.1 Å². The van der Waals surface area contributed by atoms with Crippen LogP contribution in [0, 0.1) is 23.7 Å². The zero-order valence-electron chi connectivity index (χ0n) is 11.5. The van der Waals surface area contributed by atoms with Crippen LogP contribution in [0.25, 0.3) is 0 Å². The molecule has 0 spiro atoms. The SMILES string of the molecule is CC(C)C[C@H](C(=O)C(C)C)C1CCCCC1. The lowest BCUT2D eigenvalue weighted by Gasteiger charge is -2.31. The van der Waals surface area contributed by atoms with Gasteiger partial charge in [-0.3, -0.25) is 4.79 Å². The van der Waals surface area contributed by atoms with Crippen molar-refractivity contribution in [2.75, 3.05) is 0 Å². The Morgan fingerprint density at radius 2 is 1.62 bits per heavy atom. The lowest BCUT2D eigenvalue weighted by atomic mass is 9.73. The Hall–Kier alpha value is -0.330. The van der Waals surface area contributed by atoms with Crippen LogP contribution in [-0.2, 0) is 4.79 Å². The molecule has 1 fully saturated rings. The number of hydrogen-bond acceptors (Lipinski definition) is 1. The number of rotatable bonds is 5. The molecule has 0 unspecified atom stereocenters. The molecular formula is C15H28O. The molecule has 0 amide bonds. The van der Waals surface area contributed by atoms with Gasteiger partial charge in [0.1, 0.15) is 5.78 Å². The quantitative estimate of drug-likeness (QED) is 0.674. The molecule has 1 heteroatoms. The van der Waals surface area contributed by atoms with Gasteiger partial charge in [0.05, 0.1) is 0 Å². The Bertz CT molecular complexity index is 211. The largest absolute Gasteiger partial charge is 0.299 e. The monoisotopic (exact) mass is 224 g/mol. The molecule has 1 nitrogen and oxygen atoms in total. The minimum absolute atomic E-state index is 0.214. The third kappa shape index (κ3) is 3.92. The van der Waals surface area contributed by atoms with Gasteiger partial charge < -0.3 is 0 Å². The fraction of sp³-hybridized carbons (Fsp3) is 0.933. The highest BCUT2D eigenvalue weighted by atomic mass is 16.1. The standard InChI is InChI=1S/C15H28O/c1-11(2)10-14(15(16)12(3)4)13-8-6-5-7-9-13/h11-14H,5-10H2,1-4H3/t14-/m0/s1. The molecule has 1 atom stereocenters. The van der Waals surface area contributed by atoms with E-state index in [0.29, 0.717) is 23.5 Å². The van der Waals surface area contributed by atoms with E-state index in [9.17, 15) is 4.79 Å². The van der Waals surface area contributed by atoms with E-state index in [0.717, 1.165) is 6.42 Å². The summed E-state index contributed by atoms with van der Waals surface area (Å²) < 4.78 is 0. The van der Waals surface area contributed by atoms with Gasteiger partial charge in [-0.25, -0.2) is 0 Å². The molecule has 1 saturated carbocycles. The summed E-state index contributed by atoms with van der Waals surface area (Å²) in [5.41, 5.74) is 0. The molecule has 1 rings (SSSR count). The van der Waals surface area contributed by atoms with E-state index in [1.807, 2.05) is 0 Å². The number of hydrogen-bond donors (Lipinski definition) is 0. The summed E-state index contributed by atoms with van der Waals surface area (Å²) in [7, 11) is 0. The third-order valence-electron chi connectivity index (χ3n) is 3.88. The summed E-state index contributed by atoms with van der Waals surface area (Å²) in [5.74, 6) is 2.41. The van der Waals surface area contributed by atoms with Crippen LogP contribution in [-0.4, -0.2) is 5.78 Å². The van der Waals surface area contributed by atoms with Gasteiger partial charge in [0, 0.05) is 11.8 Å². The average Bonchev–Trinajstić information content (AvgIpc) is 2.26. The van der Waals surface area contributed by atoms with Crippen molar-refractivity contribution in [1.82, 2.24) is 0 Å². The van der Waals surface area contributed by atoms with Gasteiger partial charge in [0.25, 0.3) is 0 Å². The summed E-state index contributed by atoms with van der Waals surface area (Å²) in [6.45, 7) is 8.59. The molecule has 0 N–H and O–H groups in total. The Labute approximate surface area is 101 Å². The van der Waals surface area contributed by atoms with E-state index in [1.54, 1.807) is 0 Å². The van der Waals surface area contributed by atoms with Crippen molar-refractivity contribution in [3.63, 3.8) is 0 Å². The smallest absolute Gasteiger partial charge is 0.138 e. The fourth-order valence-electron chi connectivity index (χ4n) is 3.01. The maximum atomic E-state index is 12.3. The first-order chi connectivity index (χ1) is 7.52. The van der Waals surface area contributed by atoms with Gasteiger partial charge in [-0.2, -0.15) is 0 Å². The molecule has 0 aliphatic heterocycles. The summed E-state index contributed by atoms with van der Waals surface area (Å²) >= 11 is 0. The maximum absolute atomic E-state index is 12.3. The predicted molar refractivity (Wildman–Crippen MR) is 69.4 cm³/mol. The molecule has 0 saturated heterocycles. The Kier molecular flexibility index (Phi) is 5.51. The molecule has 0 bridgehead atoms. The third-order valence-corrected chi connectivity index (χ3v) is 3.88. The molecule has 0 aromatic rings. The zero-order valence-corrected chi connectivity index (χ0v) is 11.5. The molecule has 0 radical (unpaired) electrons. The number of carbonyl (C=O) groups is 1. The van der Waals surface area contributed by atoms with Crippen LogP contribution in [0.15, 0.2) is 0 Å². The zero-order chi connectivity index (χ0) is 12.1. The highest BCUT2D eigenvalue weighted by Gasteiger charge is 2.30. The van der Waals surface area contributed by atoms with Crippen LogP contribution < -0.4 is 0 Å². The lowest BCUT2D eigenvalue weighted by molar-refractivity contribution is -0.128. The van der Waals surface area contributed by atoms with Crippen molar-refractivity contribution in [3.8, 4) is 0 Å². The van der Waals surface area contributed by atoms with Crippen LogP contribution in [0.3, 0.4) is 0 Å². The first-order valence-electron chi connectivity index (χ1n) is 7.06. The molecular weight excluding hydrogens is 196 g/mol. The normalized spacial score (nSPS) is 20.4. The van der Waals surface area contributed by atoms with Gasteiger partial charge in [-0.15, -0.1) is 0 Å². The number of Topliss-reactive ketones (excluding diaryl/α,β-unsaturated/α-hetero) is 1. The number of ketones is 1. The summed E-state index contributed by atoms with van der Waals surface area (Å²) in [6.07, 6.45) is 7.73. The van der Waals surface area contributed by atoms with Crippen LogP contribution in [0.1, 0.15) is 66.2 Å². The molecule has 94 valence electrons. The molecule has 1 aliphatic carbocycles. The van der Waals surface area contributed by atoms with Crippen molar-refractivity contribution >= 4 is 5.78 Å². The average molecular weight is 224 g/mol. The Morgan fingerprint density at radius 1 is 1.06 bits per heavy atom. The molecule has 0 aromatic carbocycles. The number of carbonyl (C=O) groups excluding carboxylic acids is 1. The Morgan fingerprint density at radius 3 is 2.06 bits per heavy atom. The van der Waals surface area contributed by atoms with Crippen LogP contribution in [0.2, 0.25) is 0 Å². The maximum Gasteiger partial charge on any atom is 0.138 e. The molecule has 0 aromatic heterocycles. The predicted octanol–water partition coefficient (Wildman–Crippen LogP) is 4.45. The second-order valence-corrected chi connectivity index (χ2v) is 6.19. The minimum atomic E-state index is 0.214. The van der Waals surface area contributed by atoms with Crippen molar-refractivity contribution in [2.45, 2.75) is 66.2 Å². The minimum Gasteiger partial charge on any atom is -0.299 e. The summed E-state index contributed by atoms with van der Waals surface area (Å²) in [4.78, 5) is 12.3. The van der Waals surface area contributed by atoms with E-state index in [-0.39, 0.29) is 5.92 Å². The highest BCUT2D eigenvalue weighted by Crippen LogP contribution is 2.35. The van der Waals surface area contributed by atoms with E-state index in [2.05, 4.69) is 27.7 Å². The molecule has 1 aliphatic rings. The highest BCUT2D eigenvalue weighted by molar-refractivity contribution is 5.83. The van der Waals surface area contributed by atoms with E-state index in [4.69, 9.17) is 0 Å². The van der Waals surface area contributed by atoms with Crippen molar-refractivity contribution in [2.24, 2.45) is 23.7 Å². The van der Waals surface area contributed by atoms with Gasteiger partial charge in [0.15, 0.2) is 0 Å². The molecule has 0 heterocycles. The van der Waals surface area contributed by atoms with Gasteiger partial charge in [0.2, 0.25) is 0 Å². The van der Waals surface area contributed by atoms with Crippen molar-refractivity contribution in [3.05, 3.63) is 0 Å². The first kappa shape index (κ1) is 13.7. The van der Waals surface area contributed by atoms with Crippen LogP contribution >= 0.6 is 0 Å².